The quantitative estimate of drug-likeness (QED) is 0.655. The van der Waals surface area contributed by atoms with Crippen LogP contribution in [0.1, 0.15) is 18.4 Å². The first-order valence-corrected chi connectivity index (χ1v) is 6.46. The van der Waals surface area contributed by atoms with Gasteiger partial charge in [0.25, 0.3) is 0 Å². The Morgan fingerprint density at radius 2 is 2.21 bits per heavy atom. The lowest BCUT2D eigenvalue weighted by Crippen LogP contribution is -2.40. The standard InChI is InChI=1S/C14H16N2O3/c17-14(19-9-10-4-2-1-3-5-10)16-8-11-6-12(16)7-13(11)15-18/h1-5,11-12,18H,6-9H2/b15-13+. The van der Waals surface area contributed by atoms with Crippen LogP contribution in [-0.4, -0.2) is 34.5 Å². The van der Waals surface area contributed by atoms with Gasteiger partial charge in [0.05, 0.1) is 5.71 Å². The molecule has 1 heterocycles. The Bertz CT molecular complexity index is 501. The van der Waals surface area contributed by atoms with Crippen molar-refractivity contribution in [3.05, 3.63) is 35.9 Å². The minimum Gasteiger partial charge on any atom is -0.445 e. The first-order chi connectivity index (χ1) is 9.28. The molecule has 1 N–H and O–H groups in total. The molecule has 1 saturated heterocycles. The minimum absolute atomic E-state index is 0.138. The molecule has 2 aliphatic rings. The van der Waals surface area contributed by atoms with Crippen LogP contribution < -0.4 is 0 Å². The molecule has 1 aromatic carbocycles. The number of amides is 1. The van der Waals surface area contributed by atoms with Crippen molar-refractivity contribution in [1.29, 1.82) is 0 Å². The molecule has 1 aliphatic carbocycles. The third kappa shape index (κ3) is 2.28. The molecule has 100 valence electrons. The van der Waals surface area contributed by atoms with Gasteiger partial charge in [0, 0.05) is 24.9 Å². The van der Waals surface area contributed by atoms with Crippen molar-refractivity contribution in [3.8, 4) is 0 Å². The van der Waals surface area contributed by atoms with Gasteiger partial charge in [-0.25, -0.2) is 4.79 Å². The Morgan fingerprint density at radius 3 is 2.84 bits per heavy atom. The van der Waals surface area contributed by atoms with E-state index in [0.717, 1.165) is 17.7 Å². The van der Waals surface area contributed by atoms with Gasteiger partial charge in [-0.2, -0.15) is 0 Å². The van der Waals surface area contributed by atoms with Crippen LogP contribution in [0.15, 0.2) is 35.5 Å². The van der Waals surface area contributed by atoms with Crippen molar-refractivity contribution in [2.45, 2.75) is 25.5 Å². The molecule has 1 aliphatic heterocycles. The van der Waals surface area contributed by atoms with Crippen LogP contribution in [0.3, 0.4) is 0 Å². The van der Waals surface area contributed by atoms with E-state index < -0.39 is 0 Å². The molecule has 1 saturated carbocycles. The van der Waals surface area contributed by atoms with Gasteiger partial charge in [-0.1, -0.05) is 35.5 Å². The average molecular weight is 260 g/mol. The van der Waals surface area contributed by atoms with Gasteiger partial charge < -0.3 is 14.8 Å². The summed E-state index contributed by atoms with van der Waals surface area (Å²) in [6.45, 7) is 0.909. The number of hydrogen-bond acceptors (Lipinski definition) is 4. The lowest BCUT2D eigenvalue weighted by molar-refractivity contribution is 0.0908. The SMILES string of the molecule is O=C(OCc1ccccc1)N1CC2CC1C/C2=N\O. The summed E-state index contributed by atoms with van der Waals surface area (Å²) in [4.78, 5) is 13.8. The van der Waals surface area contributed by atoms with Gasteiger partial charge in [-0.05, 0) is 12.0 Å². The molecule has 5 heteroatoms. The average Bonchev–Trinajstić information content (AvgIpc) is 3.05. The summed E-state index contributed by atoms with van der Waals surface area (Å²) >= 11 is 0. The summed E-state index contributed by atoms with van der Waals surface area (Å²) in [6, 6.07) is 9.77. The predicted octanol–water partition coefficient (Wildman–Crippen LogP) is 2.25. The maximum atomic E-state index is 12.0. The summed E-state index contributed by atoms with van der Waals surface area (Å²) in [5.41, 5.74) is 1.80. The van der Waals surface area contributed by atoms with Crippen LogP contribution in [0.5, 0.6) is 0 Å². The molecule has 5 nitrogen and oxygen atoms in total. The zero-order chi connectivity index (χ0) is 13.2. The number of ether oxygens (including phenoxy) is 1. The van der Waals surface area contributed by atoms with Crippen LogP contribution >= 0.6 is 0 Å². The Hall–Kier alpha value is -2.04. The number of hydrogen-bond donors (Lipinski definition) is 1. The van der Waals surface area contributed by atoms with E-state index in [1.807, 2.05) is 30.3 Å². The van der Waals surface area contributed by atoms with E-state index in [1.54, 1.807) is 4.90 Å². The first kappa shape index (κ1) is 12.0. The smallest absolute Gasteiger partial charge is 0.410 e. The molecular formula is C14H16N2O3. The van der Waals surface area contributed by atoms with E-state index in [2.05, 4.69) is 5.16 Å². The fourth-order valence-electron chi connectivity index (χ4n) is 2.91. The van der Waals surface area contributed by atoms with Crippen molar-refractivity contribution < 1.29 is 14.7 Å². The van der Waals surface area contributed by atoms with E-state index in [0.29, 0.717) is 19.6 Å². The van der Waals surface area contributed by atoms with Crippen LogP contribution in [-0.2, 0) is 11.3 Å². The van der Waals surface area contributed by atoms with Crippen molar-refractivity contribution >= 4 is 11.8 Å². The molecule has 1 aromatic rings. The maximum absolute atomic E-state index is 12.0. The zero-order valence-electron chi connectivity index (χ0n) is 10.5. The molecule has 2 fully saturated rings. The molecular weight excluding hydrogens is 244 g/mol. The second-order valence-electron chi connectivity index (χ2n) is 5.07. The third-order valence-corrected chi connectivity index (χ3v) is 3.90. The Morgan fingerprint density at radius 1 is 1.42 bits per heavy atom. The number of fused-ring (bicyclic) bond motifs is 2. The molecule has 2 unspecified atom stereocenters. The van der Waals surface area contributed by atoms with E-state index in [1.165, 1.54) is 0 Å². The topological polar surface area (TPSA) is 62.1 Å². The van der Waals surface area contributed by atoms with E-state index in [9.17, 15) is 4.79 Å². The van der Waals surface area contributed by atoms with Crippen LogP contribution in [0, 0.1) is 5.92 Å². The molecule has 1 amide bonds. The third-order valence-electron chi connectivity index (χ3n) is 3.90. The molecule has 2 bridgehead atoms. The van der Waals surface area contributed by atoms with Crippen LogP contribution in [0.25, 0.3) is 0 Å². The van der Waals surface area contributed by atoms with Gasteiger partial charge in [0.1, 0.15) is 6.61 Å². The first-order valence-electron chi connectivity index (χ1n) is 6.46. The van der Waals surface area contributed by atoms with E-state index in [-0.39, 0.29) is 18.1 Å². The highest BCUT2D eigenvalue weighted by molar-refractivity contribution is 5.91. The summed E-state index contributed by atoms with van der Waals surface area (Å²) < 4.78 is 5.32. The zero-order valence-corrected chi connectivity index (χ0v) is 10.5. The van der Waals surface area contributed by atoms with E-state index >= 15 is 0 Å². The highest BCUT2D eigenvalue weighted by Gasteiger charge is 2.45. The Balaban J connectivity index is 1.56. The van der Waals surface area contributed by atoms with Gasteiger partial charge >= 0.3 is 6.09 Å². The second kappa shape index (κ2) is 4.91. The van der Waals surface area contributed by atoms with Gasteiger partial charge in [0.2, 0.25) is 0 Å². The number of oxime groups is 1. The molecule has 0 radical (unpaired) electrons. The number of carbonyl (C=O) groups excluding carboxylic acids is 1. The van der Waals surface area contributed by atoms with E-state index in [4.69, 9.17) is 9.94 Å². The number of carbonyl (C=O) groups is 1. The number of piperidine rings is 1. The maximum Gasteiger partial charge on any atom is 0.410 e. The lowest BCUT2D eigenvalue weighted by atomic mass is 10.1. The largest absolute Gasteiger partial charge is 0.445 e. The molecule has 0 spiro atoms. The number of likely N-dealkylation sites (tertiary alicyclic amines) is 1. The van der Waals surface area contributed by atoms with Gasteiger partial charge in [-0.3, -0.25) is 0 Å². The highest BCUT2D eigenvalue weighted by atomic mass is 16.6. The number of benzene rings is 1. The van der Waals surface area contributed by atoms with Gasteiger partial charge in [0.15, 0.2) is 0 Å². The second-order valence-corrected chi connectivity index (χ2v) is 5.07. The fourth-order valence-corrected chi connectivity index (χ4v) is 2.91. The molecule has 2 atom stereocenters. The number of rotatable bonds is 2. The monoisotopic (exact) mass is 260 g/mol. The summed E-state index contributed by atoms with van der Waals surface area (Å²) in [7, 11) is 0. The Labute approximate surface area is 111 Å². The Kier molecular flexibility index (Phi) is 3.11. The van der Waals surface area contributed by atoms with Gasteiger partial charge in [-0.15, -0.1) is 0 Å². The number of nitrogens with zero attached hydrogens (tertiary/aromatic N) is 2. The molecule has 3 rings (SSSR count). The summed E-state index contributed by atoms with van der Waals surface area (Å²) in [5.74, 6) is 0.208. The molecule has 19 heavy (non-hydrogen) atoms. The predicted molar refractivity (Wildman–Crippen MR) is 69.1 cm³/mol. The summed E-state index contributed by atoms with van der Waals surface area (Å²) in [6.07, 6.45) is 1.29. The minimum atomic E-state index is -0.270. The normalized spacial score (nSPS) is 26.9. The van der Waals surface area contributed by atoms with Crippen LogP contribution in [0.4, 0.5) is 4.79 Å². The van der Waals surface area contributed by atoms with Crippen molar-refractivity contribution in [2.24, 2.45) is 11.1 Å². The van der Waals surface area contributed by atoms with Crippen molar-refractivity contribution in [2.75, 3.05) is 6.54 Å². The summed E-state index contributed by atoms with van der Waals surface area (Å²) in [5, 5.41) is 12.1. The van der Waals surface area contributed by atoms with Crippen molar-refractivity contribution in [1.82, 2.24) is 4.90 Å². The van der Waals surface area contributed by atoms with Crippen molar-refractivity contribution in [3.63, 3.8) is 0 Å². The lowest BCUT2D eigenvalue weighted by Gasteiger charge is -2.26. The molecule has 0 aromatic heterocycles. The fraction of sp³-hybridized carbons (Fsp3) is 0.429. The highest BCUT2D eigenvalue weighted by Crippen LogP contribution is 2.36. The van der Waals surface area contributed by atoms with Crippen LogP contribution in [0.2, 0.25) is 0 Å².